The molecule has 3 N–H and O–H groups in total. The molecule has 1 saturated carbocycles. The maximum atomic E-state index is 12.6. The van der Waals surface area contributed by atoms with E-state index < -0.39 is 0 Å². The fraction of sp³-hybridized carbons (Fsp3) is 0.667. The van der Waals surface area contributed by atoms with Crippen LogP contribution in [0.2, 0.25) is 0 Å². The van der Waals surface area contributed by atoms with Crippen LogP contribution in [0.25, 0.3) is 0 Å². The van der Waals surface area contributed by atoms with Crippen LogP contribution in [0.15, 0.2) is 6.07 Å². The van der Waals surface area contributed by atoms with Crippen molar-refractivity contribution in [1.82, 2.24) is 30.3 Å². The summed E-state index contributed by atoms with van der Waals surface area (Å²) in [6, 6.07) is 1.88. The number of halogens is 1. The van der Waals surface area contributed by atoms with Crippen LogP contribution in [-0.4, -0.2) is 44.0 Å². The number of aromatic amines is 1. The van der Waals surface area contributed by atoms with Gasteiger partial charge in [0.2, 0.25) is 5.95 Å². The lowest BCUT2D eigenvalue weighted by Gasteiger charge is -2.19. The third-order valence-corrected chi connectivity index (χ3v) is 5.58. The molecule has 0 spiro atoms. The second-order valence-electron chi connectivity index (χ2n) is 7.44. The number of hydrogen-bond donors (Lipinski definition) is 3. The number of amides is 1. The van der Waals surface area contributed by atoms with Crippen molar-refractivity contribution in [2.24, 2.45) is 7.05 Å². The lowest BCUT2D eigenvalue weighted by molar-refractivity contribution is 0.102. The first kappa shape index (κ1) is 19.8. The molecule has 1 aliphatic carbocycles. The van der Waals surface area contributed by atoms with Crippen molar-refractivity contribution in [3.8, 4) is 0 Å². The molecule has 9 heteroatoms. The number of aromatic nitrogens is 5. The van der Waals surface area contributed by atoms with Gasteiger partial charge in [0.15, 0.2) is 11.5 Å². The molecule has 2 aromatic heterocycles. The van der Waals surface area contributed by atoms with Crippen molar-refractivity contribution < 1.29 is 4.79 Å². The number of nitrogens with one attached hydrogen (secondary N) is 3. The summed E-state index contributed by atoms with van der Waals surface area (Å²) in [6.45, 7) is 1.98. The minimum absolute atomic E-state index is 0. The first-order chi connectivity index (χ1) is 12.7. The van der Waals surface area contributed by atoms with E-state index in [-0.39, 0.29) is 18.3 Å². The first-order valence-corrected chi connectivity index (χ1v) is 9.69. The van der Waals surface area contributed by atoms with Crippen LogP contribution >= 0.6 is 12.4 Å². The van der Waals surface area contributed by atoms with E-state index >= 15 is 0 Å². The highest BCUT2D eigenvalue weighted by Crippen LogP contribution is 2.31. The van der Waals surface area contributed by atoms with E-state index in [0.717, 1.165) is 37.4 Å². The number of carbonyl (C=O) groups is 1. The van der Waals surface area contributed by atoms with Gasteiger partial charge in [0.05, 0.1) is 0 Å². The summed E-state index contributed by atoms with van der Waals surface area (Å²) in [7, 11) is 1.81. The Morgan fingerprint density at radius 2 is 1.89 bits per heavy atom. The quantitative estimate of drug-likeness (QED) is 0.741. The Balaban J connectivity index is 0.00000210. The minimum atomic E-state index is -0.240. The monoisotopic (exact) mass is 393 g/mol. The average Bonchev–Trinajstić information content (AvgIpc) is 3.31. The zero-order chi connectivity index (χ0) is 17.9. The van der Waals surface area contributed by atoms with Crippen LogP contribution in [-0.2, 0) is 7.05 Å². The van der Waals surface area contributed by atoms with E-state index in [4.69, 9.17) is 0 Å². The molecule has 3 heterocycles. The van der Waals surface area contributed by atoms with Crippen LogP contribution < -0.4 is 10.6 Å². The zero-order valence-corrected chi connectivity index (χ0v) is 16.5. The second-order valence-corrected chi connectivity index (χ2v) is 7.44. The van der Waals surface area contributed by atoms with E-state index in [0.29, 0.717) is 23.5 Å². The number of hydrogen-bond acceptors (Lipinski definition) is 5. The highest BCUT2D eigenvalue weighted by atomic mass is 35.5. The number of H-pyrrole nitrogens is 1. The second kappa shape index (κ2) is 8.84. The molecule has 0 bridgehead atoms. The maximum Gasteiger partial charge on any atom is 0.278 e. The molecule has 0 radical (unpaired) electrons. The number of rotatable bonds is 4. The third-order valence-electron chi connectivity index (χ3n) is 5.58. The van der Waals surface area contributed by atoms with Gasteiger partial charge in [-0.2, -0.15) is 15.2 Å². The van der Waals surface area contributed by atoms with Gasteiger partial charge in [-0.1, -0.05) is 19.3 Å². The number of nitrogens with zero attached hydrogens (tertiary/aromatic N) is 4. The highest BCUT2D eigenvalue weighted by Gasteiger charge is 2.23. The van der Waals surface area contributed by atoms with E-state index in [1.165, 1.54) is 32.1 Å². The van der Waals surface area contributed by atoms with Gasteiger partial charge in [-0.15, -0.1) is 12.4 Å². The molecule has 2 aliphatic rings. The van der Waals surface area contributed by atoms with Crippen molar-refractivity contribution in [2.45, 2.75) is 56.8 Å². The molecule has 1 saturated heterocycles. The Morgan fingerprint density at radius 3 is 2.63 bits per heavy atom. The van der Waals surface area contributed by atoms with Gasteiger partial charge in [-0.05, 0) is 44.8 Å². The average molecular weight is 394 g/mol. The van der Waals surface area contributed by atoms with Gasteiger partial charge in [0, 0.05) is 24.6 Å². The molecule has 148 valence electrons. The summed E-state index contributed by atoms with van der Waals surface area (Å²) in [5.74, 6) is 1.91. The summed E-state index contributed by atoms with van der Waals surface area (Å²) in [5.41, 5.74) is 1.49. The maximum absolute atomic E-state index is 12.6. The largest absolute Gasteiger partial charge is 0.317 e. The number of anilines is 1. The lowest BCUT2D eigenvalue weighted by atomic mass is 9.87. The van der Waals surface area contributed by atoms with Gasteiger partial charge in [-0.25, -0.2) is 4.68 Å². The van der Waals surface area contributed by atoms with Gasteiger partial charge in [0.25, 0.3) is 5.91 Å². The summed E-state index contributed by atoms with van der Waals surface area (Å²) < 4.78 is 1.64. The van der Waals surface area contributed by atoms with Crippen molar-refractivity contribution in [3.05, 3.63) is 23.3 Å². The van der Waals surface area contributed by atoms with E-state index in [1.54, 1.807) is 4.68 Å². The molecular weight excluding hydrogens is 366 g/mol. The number of carbonyl (C=O) groups excluding carboxylic acids is 1. The Bertz CT molecular complexity index is 760. The van der Waals surface area contributed by atoms with Crippen LogP contribution in [0.5, 0.6) is 0 Å². The summed E-state index contributed by atoms with van der Waals surface area (Å²) in [5, 5.41) is 18.0. The lowest BCUT2D eigenvalue weighted by Crippen LogP contribution is -2.27. The van der Waals surface area contributed by atoms with Crippen LogP contribution in [0.4, 0.5) is 5.95 Å². The number of aryl methyl sites for hydroxylation is 1. The molecule has 0 unspecified atom stereocenters. The van der Waals surface area contributed by atoms with Crippen molar-refractivity contribution in [2.75, 3.05) is 18.4 Å². The molecule has 0 atom stereocenters. The summed E-state index contributed by atoms with van der Waals surface area (Å²) >= 11 is 0. The zero-order valence-electron chi connectivity index (χ0n) is 15.7. The van der Waals surface area contributed by atoms with E-state index in [9.17, 15) is 4.79 Å². The molecule has 1 aliphatic heterocycles. The smallest absolute Gasteiger partial charge is 0.278 e. The van der Waals surface area contributed by atoms with Gasteiger partial charge in [-0.3, -0.25) is 15.2 Å². The molecule has 4 rings (SSSR count). The number of piperidine rings is 1. The predicted molar refractivity (Wildman–Crippen MR) is 105 cm³/mol. The SMILES string of the molecule is Cl.Cn1nc(C2CCNCC2)nc1NC(=O)c1cc(C2CCCCC2)[nH]n1. The van der Waals surface area contributed by atoms with E-state index in [2.05, 4.69) is 30.9 Å². The van der Waals surface area contributed by atoms with Crippen LogP contribution in [0, 0.1) is 0 Å². The topological polar surface area (TPSA) is 101 Å². The molecular formula is C18H28ClN7O. The predicted octanol–water partition coefficient (Wildman–Crippen LogP) is 2.73. The minimum Gasteiger partial charge on any atom is -0.317 e. The van der Waals surface area contributed by atoms with Crippen molar-refractivity contribution in [3.63, 3.8) is 0 Å². The van der Waals surface area contributed by atoms with Gasteiger partial charge in [0.1, 0.15) is 0 Å². The third kappa shape index (κ3) is 4.50. The Hall–Kier alpha value is -1.93. The molecule has 2 aromatic rings. The van der Waals surface area contributed by atoms with E-state index in [1.807, 2.05) is 13.1 Å². The Kier molecular flexibility index (Phi) is 6.49. The van der Waals surface area contributed by atoms with Gasteiger partial charge < -0.3 is 5.32 Å². The highest BCUT2D eigenvalue weighted by molar-refractivity contribution is 6.01. The van der Waals surface area contributed by atoms with Crippen LogP contribution in [0.1, 0.15) is 78.8 Å². The fourth-order valence-corrected chi connectivity index (χ4v) is 4.01. The standard InChI is InChI=1S/C18H27N7O.ClH/c1-25-18(20-16(24-25)13-7-9-19-10-8-13)21-17(26)15-11-14(22-23-15)12-5-3-2-4-6-12;/h11-13,19H,2-10H2,1H3,(H,22,23)(H,20,21,24,26);1H. The van der Waals surface area contributed by atoms with Crippen LogP contribution in [0.3, 0.4) is 0 Å². The fourth-order valence-electron chi connectivity index (χ4n) is 4.01. The molecule has 2 fully saturated rings. The normalized spacial score (nSPS) is 18.9. The molecule has 8 nitrogen and oxygen atoms in total. The van der Waals surface area contributed by atoms with Crippen molar-refractivity contribution in [1.29, 1.82) is 0 Å². The molecule has 0 aromatic carbocycles. The Morgan fingerprint density at radius 1 is 1.15 bits per heavy atom. The molecule has 27 heavy (non-hydrogen) atoms. The van der Waals surface area contributed by atoms with Crippen molar-refractivity contribution >= 4 is 24.3 Å². The summed E-state index contributed by atoms with van der Waals surface area (Å²) in [6.07, 6.45) is 8.22. The van der Waals surface area contributed by atoms with Gasteiger partial charge >= 0.3 is 0 Å². The molecule has 1 amide bonds. The first-order valence-electron chi connectivity index (χ1n) is 9.69. The Labute approximate surface area is 165 Å². The summed E-state index contributed by atoms with van der Waals surface area (Å²) in [4.78, 5) is 17.1.